The number of aromatic nitrogens is 2. The first-order valence-corrected chi connectivity index (χ1v) is 9.94. The van der Waals surface area contributed by atoms with Crippen molar-refractivity contribution >= 4 is 34.1 Å². The molecule has 11 heteroatoms. The van der Waals surface area contributed by atoms with Crippen LogP contribution < -0.4 is 16.2 Å². The smallest absolute Gasteiger partial charge is 0.418 e. The minimum absolute atomic E-state index is 0.0735. The number of rotatable bonds is 5. The monoisotopic (exact) mass is 470 g/mol. The van der Waals surface area contributed by atoms with Gasteiger partial charge in [-0.1, -0.05) is 12.1 Å². The van der Waals surface area contributed by atoms with E-state index in [1.54, 1.807) is 25.1 Å². The molecule has 4 rings (SSSR count). The molecule has 0 atom stereocenters. The quantitative estimate of drug-likeness (QED) is 0.455. The predicted octanol–water partition coefficient (Wildman–Crippen LogP) is 4.21. The molecule has 2 aromatic heterocycles. The summed E-state index contributed by atoms with van der Waals surface area (Å²) in [6.07, 6.45) is -2.39. The van der Waals surface area contributed by atoms with Gasteiger partial charge < -0.3 is 15.1 Å². The Labute approximate surface area is 190 Å². The molecule has 0 spiro atoms. The highest BCUT2D eigenvalue weighted by Gasteiger charge is 2.34. The minimum atomic E-state index is -4.83. The normalized spacial score (nSPS) is 11.4. The predicted molar refractivity (Wildman–Crippen MR) is 117 cm³/mol. The molecule has 0 aliphatic carbocycles. The molecule has 2 amide bonds. The number of carbonyl (C=O) groups excluding carboxylic acids is 2. The highest BCUT2D eigenvalue weighted by Crippen LogP contribution is 2.36. The Morgan fingerprint density at radius 1 is 1.09 bits per heavy atom. The molecular weight excluding hydrogens is 453 g/mol. The van der Waals surface area contributed by atoms with E-state index >= 15 is 0 Å². The molecule has 0 aliphatic rings. The lowest BCUT2D eigenvalue weighted by atomic mass is 10.1. The van der Waals surface area contributed by atoms with Crippen molar-refractivity contribution in [3.8, 4) is 0 Å². The molecule has 0 aliphatic heterocycles. The second-order valence-corrected chi connectivity index (χ2v) is 7.39. The highest BCUT2D eigenvalue weighted by molar-refractivity contribution is 6.02. The number of carbonyl (C=O) groups is 2. The van der Waals surface area contributed by atoms with Gasteiger partial charge in [0, 0.05) is 5.69 Å². The number of nitrogens with one attached hydrogen (secondary N) is 2. The van der Waals surface area contributed by atoms with Crippen molar-refractivity contribution in [1.82, 2.24) is 9.55 Å². The van der Waals surface area contributed by atoms with Gasteiger partial charge in [-0.3, -0.25) is 19.0 Å². The molecule has 34 heavy (non-hydrogen) atoms. The van der Waals surface area contributed by atoms with Gasteiger partial charge in [-0.2, -0.15) is 13.2 Å². The van der Waals surface area contributed by atoms with Gasteiger partial charge in [0.15, 0.2) is 5.76 Å². The van der Waals surface area contributed by atoms with Crippen LogP contribution in [0.15, 0.2) is 70.3 Å². The number of furan rings is 1. The maximum atomic E-state index is 13.6. The van der Waals surface area contributed by atoms with E-state index in [4.69, 9.17) is 4.42 Å². The van der Waals surface area contributed by atoms with Crippen LogP contribution in [0.3, 0.4) is 0 Å². The van der Waals surface area contributed by atoms with E-state index in [0.717, 1.165) is 16.2 Å². The van der Waals surface area contributed by atoms with E-state index in [1.807, 2.05) is 0 Å². The van der Waals surface area contributed by atoms with Crippen LogP contribution in [-0.2, 0) is 17.5 Å². The fourth-order valence-electron chi connectivity index (χ4n) is 3.36. The van der Waals surface area contributed by atoms with E-state index in [0.29, 0.717) is 17.0 Å². The largest absolute Gasteiger partial charge is 0.459 e. The first kappa shape index (κ1) is 22.8. The number of amides is 2. The van der Waals surface area contributed by atoms with E-state index < -0.39 is 41.3 Å². The van der Waals surface area contributed by atoms with Gasteiger partial charge in [0.2, 0.25) is 5.91 Å². The average molecular weight is 470 g/mol. The number of para-hydroxylation sites is 1. The molecule has 0 saturated heterocycles. The van der Waals surface area contributed by atoms with Crippen molar-refractivity contribution in [3.63, 3.8) is 0 Å². The van der Waals surface area contributed by atoms with Crippen molar-refractivity contribution in [2.75, 3.05) is 10.6 Å². The van der Waals surface area contributed by atoms with Crippen molar-refractivity contribution in [2.45, 2.75) is 19.6 Å². The zero-order valence-corrected chi connectivity index (χ0v) is 17.6. The Kier molecular flexibility index (Phi) is 5.93. The van der Waals surface area contributed by atoms with Crippen LogP contribution in [0.4, 0.5) is 24.5 Å². The molecule has 174 valence electrons. The zero-order chi connectivity index (χ0) is 24.5. The number of nitrogens with zero attached hydrogens (tertiary/aromatic N) is 2. The van der Waals surface area contributed by atoms with Gasteiger partial charge in [0.25, 0.3) is 11.5 Å². The average Bonchev–Trinajstić information content (AvgIpc) is 3.32. The van der Waals surface area contributed by atoms with E-state index in [1.165, 1.54) is 30.8 Å². The fourth-order valence-corrected chi connectivity index (χ4v) is 3.36. The summed E-state index contributed by atoms with van der Waals surface area (Å²) >= 11 is 0. The van der Waals surface area contributed by atoms with Crippen molar-refractivity contribution in [3.05, 3.63) is 88.4 Å². The molecule has 0 bridgehead atoms. The summed E-state index contributed by atoms with van der Waals surface area (Å²) in [5.74, 6) is -1.65. The second kappa shape index (κ2) is 8.85. The number of anilines is 2. The third kappa shape index (κ3) is 4.68. The van der Waals surface area contributed by atoms with Crippen LogP contribution >= 0.6 is 0 Å². The van der Waals surface area contributed by atoms with Crippen LogP contribution in [0.2, 0.25) is 0 Å². The summed E-state index contributed by atoms with van der Waals surface area (Å²) in [6.45, 7) is 1.25. The molecule has 0 radical (unpaired) electrons. The van der Waals surface area contributed by atoms with Crippen LogP contribution in [0, 0.1) is 6.92 Å². The summed E-state index contributed by atoms with van der Waals surface area (Å²) in [4.78, 5) is 41.4. The van der Waals surface area contributed by atoms with Crippen LogP contribution in [-0.4, -0.2) is 21.4 Å². The van der Waals surface area contributed by atoms with Crippen LogP contribution in [0.5, 0.6) is 0 Å². The lowest BCUT2D eigenvalue weighted by Crippen LogP contribution is -2.28. The Balaban J connectivity index is 1.56. The Bertz CT molecular complexity index is 1440. The SMILES string of the molecule is Cc1cccc2c(=O)n(CC(=O)Nc3ccc(NC(=O)c4ccco4)cc3C(F)(F)F)cnc12. The van der Waals surface area contributed by atoms with Gasteiger partial charge in [-0.05, 0) is 48.9 Å². The van der Waals surface area contributed by atoms with Gasteiger partial charge in [0.05, 0.1) is 34.7 Å². The fraction of sp³-hybridized carbons (Fsp3) is 0.130. The second-order valence-electron chi connectivity index (χ2n) is 7.39. The molecule has 0 fully saturated rings. The van der Waals surface area contributed by atoms with E-state index in [2.05, 4.69) is 15.6 Å². The standard InChI is InChI=1S/C23H17F3N4O4/c1-13-4-2-5-15-20(13)27-12-30(22(15)33)11-19(31)29-17-8-7-14(10-16(17)23(24,25)26)28-21(32)18-6-3-9-34-18/h2-10,12H,11H2,1H3,(H,28,32)(H,29,31). The van der Waals surface area contributed by atoms with Crippen LogP contribution in [0.1, 0.15) is 21.7 Å². The number of fused-ring (bicyclic) bond motifs is 1. The van der Waals surface area contributed by atoms with E-state index in [-0.39, 0.29) is 11.4 Å². The lowest BCUT2D eigenvalue weighted by Gasteiger charge is -2.16. The molecule has 0 unspecified atom stereocenters. The highest BCUT2D eigenvalue weighted by atomic mass is 19.4. The Hall–Kier alpha value is -4.41. The number of alkyl halides is 3. The van der Waals surface area contributed by atoms with Crippen molar-refractivity contribution < 1.29 is 27.2 Å². The number of aryl methyl sites for hydroxylation is 1. The first-order chi connectivity index (χ1) is 16.1. The molecular formula is C23H17F3N4O4. The number of hydrogen-bond donors (Lipinski definition) is 2. The molecule has 0 saturated carbocycles. The van der Waals surface area contributed by atoms with E-state index in [9.17, 15) is 27.6 Å². The molecule has 2 N–H and O–H groups in total. The number of halogens is 3. The van der Waals surface area contributed by atoms with Crippen LogP contribution in [0.25, 0.3) is 10.9 Å². The molecule has 2 aromatic carbocycles. The molecule has 2 heterocycles. The molecule has 4 aromatic rings. The van der Waals surface area contributed by atoms with Gasteiger partial charge in [-0.25, -0.2) is 4.98 Å². The molecule has 8 nitrogen and oxygen atoms in total. The Morgan fingerprint density at radius 2 is 1.88 bits per heavy atom. The third-order valence-corrected chi connectivity index (χ3v) is 4.97. The summed E-state index contributed by atoms with van der Waals surface area (Å²) in [5, 5.41) is 4.78. The summed E-state index contributed by atoms with van der Waals surface area (Å²) in [6, 6.07) is 10.8. The van der Waals surface area contributed by atoms with Gasteiger partial charge in [0.1, 0.15) is 6.54 Å². The zero-order valence-electron chi connectivity index (χ0n) is 17.6. The summed E-state index contributed by atoms with van der Waals surface area (Å²) in [5.41, 5.74) is -1.06. The van der Waals surface area contributed by atoms with Gasteiger partial charge >= 0.3 is 6.18 Å². The van der Waals surface area contributed by atoms with Crippen molar-refractivity contribution in [1.29, 1.82) is 0 Å². The maximum Gasteiger partial charge on any atom is 0.418 e. The number of hydrogen-bond acceptors (Lipinski definition) is 5. The Morgan fingerprint density at radius 3 is 2.59 bits per heavy atom. The summed E-state index contributed by atoms with van der Waals surface area (Å²) < 4.78 is 46.9. The topological polar surface area (TPSA) is 106 Å². The van der Waals surface area contributed by atoms with Gasteiger partial charge in [-0.15, -0.1) is 0 Å². The third-order valence-electron chi connectivity index (χ3n) is 4.97. The first-order valence-electron chi connectivity index (χ1n) is 9.94. The van der Waals surface area contributed by atoms with Crippen molar-refractivity contribution in [2.24, 2.45) is 0 Å². The lowest BCUT2D eigenvalue weighted by molar-refractivity contribution is -0.136. The summed E-state index contributed by atoms with van der Waals surface area (Å²) in [7, 11) is 0. The minimum Gasteiger partial charge on any atom is -0.459 e. The maximum absolute atomic E-state index is 13.6. The number of benzene rings is 2.